The van der Waals surface area contributed by atoms with Gasteiger partial charge in [-0.15, -0.1) is 0 Å². The van der Waals surface area contributed by atoms with Gasteiger partial charge in [-0.2, -0.15) is 0 Å². The van der Waals surface area contributed by atoms with Crippen LogP contribution in [0.2, 0.25) is 0 Å². The molecule has 21 heavy (non-hydrogen) atoms. The van der Waals surface area contributed by atoms with Crippen molar-refractivity contribution >= 4 is 21.8 Å². The molecule has 0 aromatic heterocycles. The Balaban J connectivity index is 2.46. The van der Waals surface area contributed by atoms with Gasteiger partial charge in [-0.05, 0) is 47.5 Å². The first kappa shape index (κ1) is 17.8. The van der Waals surface area contributed by atoms with E-state index in [9.17, 15) is 9.90 Å². The first-order valence-electron chi connectivity index (χ1n) is 7.07. The van der Waals surface area contributed by atoms with E-state index in [2.05, 4.69) is 21.2 Å². The van der Waals surface area contributed by atoms with Gasteiger partial charge in [0.1, 0.15) is 0 Å². The zero-order chi connectivity index (χ0) is 15.8. The minimum Gasteiger partial charge on any atom is -0.503 e. The molecular weight excluding hydrogens is 336 g/mol. The molecule has 5 nitrogen and oxygen atoms in total. The van der Waals surface area contributed by atoms with E-state index in [0.29, 0.717) is 29.7 Å². The van der Waals surface area contributed by atoms with E-state index in [4.69, 9.17) is 4.74 Å². The van der Waals surface area contributed by atoms with Gasteiger partial charge in [-0.1, -0.05) is 0 Å². The molecule has 0 fully saturated rings. The highest BCUT2D eigenvalue weighted by Gasteiger charge is 2.10. The number of nitrogens with one attached hydrogen (secondary N) is 1. The number of phenols is 1. The van der Waals surface area contributed by atoms with Crippen LogP contribution in [0.3, 0.4) is 0 Å². The van der Waals surface area contributed by atoms with Crippen molar-refractivity contribution in [3.05, 3.63) is 22.2 Å². The van der Waals surface area contributed by atoms with E-state index in [1.165, 1.54) is 7.11 Å². The Labute approximate surface area is 134 Å². The number of carbonyl (C=O) groups is 1. The van der Waals surface area contributed by atoms with Crippen molar-refractivity contribution in [3.8, 4) is 11.5 Å². The van der Waals surface area contributed by atoms with Crippen molar-refractivity contribution < 1.29 is 14.6 Å². The fraction of sp³-hybridized carbons (Fsp3) is 0.533. The average molecular weight is 359 g/mol. The van der Waals surface area contributed by atoms with Crippen molar-refractivity contribution in [1.29, 1.82) is 0 Å². The summed E-state index contributed by atoms with van der Waals surface area (Å²) in [4.78, 5) is 13.7. The van der Waals surface area contributed by atoms with Gasteiger partial charge in [0, 0.05) is 32.6 Å². The third-order valence-electron chi connectivity index (χ3n) is 3.27. The summed E-state index contributed by atoms with van der Waals surface area (Å²) >= 11 is 3.29. The van der Waals surface area contributed by atoms with Gasteiger partial charge in [-0.3, -0.25) is 4.79 Å². The lowest BCUT2D eigenvalue weighted by Gasteiger charge is -2.18. The zero-order valence-electron chi connectivity index (χ0n) is 12.8. The summed E-state index contributed by atoms with van der Waals surface area (Å²) in [5, 5.41) is 13.0. The van der Waals surface area contributed by atoms with Crippen LogP contribution < -0.4 is 10.1 Å². The topological polar surface area (TPSA) is 61.8 Å². The number of amides is 1. The van der Waals surface area contributed by atoms with Crippen LogP contribution in [0.4, 0.5) is 0 Å². The molecule has 0 saturated heterocycles. The predicted octanol–water partition coefficient (Wildman–Crippen LogP) is 2.51. The number of rotatable bonds is 8. The van der Waals surface area contributed by atoms with Crippen LogP contribution in [0.1, 0.15) is 25.8 Å². The van der Waals surface area contributed by atoms with Gasteiger partial charge in [0.15, 0.2) is 11.5 Å². The van der Waals surface area contributed by atoms with Gasteiger partial charge in [0.05, 0.1) is 11.6 Å². The maximum absolute atomic E-state index is 11.8. The fourth-order valence-corrected chi connectivity index (χ4v) is 2.54. The minimum absolute atomic E-state index is 0.0953. The molecule has 0 aliphatic carbocycles. The Morgan fingerprint density at radius 1 is 1.38 bits per heavy atom. The number of methoxy groups -OCH3 is 1. The largest absolute Gasteiger partial charge is 0.503 e. The minimum atomic E-state index is 0.0953. The Morgan fingerprint density at radius 2 is 2.05 bits per heavy atom. The summed E-state index contributed by atoms with van der Waals surface area (Å²) in [7, 11) is 1.52. The van der Waals surface area contributed by atoms with Crippen molar-refractivity contribution in [2.45, 2.75) is 26.8 Å². The first-order valence-corrected chi connectivity index (χ1v) is 7.86. The molecule has 0 saturated carbocycles. The number of phenolic OH excluding ortho intramolecular Hbond substituents is 1. The molecule has 1 aromatic rings. The van der Waals surface area contributed by atoms with Crippen molar-refractivity contribution in [1.82, 2.24) is 10.2 Å². The summed E-state index contributed by atoms with van der Waals surface area (Å²) in [6.45, 7) is 6.69. The number of hydrogen-bond acceptors (Lipinski definition) is 4. The van der Waals surface area contributed by atoms with E-state index < -0.39 is 0 Å². The highest BCUT2D eigenvalue weighted by Crippen LogP contribution is 2.35. The van der Waals surface area contributed by atoms with Crippen molar-refractivity contribution in [2.75, 3.05) is 26.7 Å². The molecule has 1 amide bonds. The molecular formula is C15H23BrN2O3. The molecule has 1 aromatic carbocycles. The van der Waals surface area contributed by atoms with Crippen LogP contribution >= 0.6 is 15.9 Å². The normalized spacial score (nSPS) is 10.5. The molecule has 0 aliphatic rings. The van der Waals surface area contributed by atoms with Gasteiger partial charge >= 0.3 is 0 Å². The van der Waals surface area contributed by atoms with E-state index >= 15 is 0 Å². The van der Waals surface area contributed by atoms with E-state index in [1.807, 2.05) is 24.8 Å². The Morgan fingerprint density at radius 3 is 2.62 bits per heavy atom. The van der Waals surface area contributed by atoms with Crippen molar-refractivity contribution in [2.24, 2.45) is 0 Å². The first-order chi connectivity index (χ1) is 10.0. The van der Waals surface area contributed by atoms with Crippen molar-refractivity contribution in [3.63, 3.8) is 0 Å². The van der Waals surface area contributed by atoms with Crippen LogP contribution in [0, 0.1) is 0 Å². The Bertz CT molecular complexity index is 476. The van der Waals surface area contributed by atoms with Crippen LogP contribution in [-0.4, -0.2) is 42.7 Å². The number of carbonyl (C=O) groups excluding carboxylic acids is 1. The maximum Gasteiger partial charge on any atom is 0.223 e. The summed E-state index contributed by atoms with van der Waals surface area (Å²) in [6, 6.07) is 3.61. The lowest BCUT2D eigenvalue weighted by Crippen LogP contribution is -2.32. The smallest absolute Gasteiger partial charge is 0.223 e. The van der Waals surface area contributed by atoms with Gasteiger partial charge in [-0.25, -0.2) is 0 Å². The number of aromatic hydroxyl groups is 1. The molecule has 2 N–H and O–H groups in total. The summed E-state index contributed by atoms with van der Waals surface area (Å²) in [5.74, 6) is 0.690. The highest BCUT2D eigenvalue weighted by atomic mass is 79.9. The predicted molar refractivity (Wildman–Crippen MR) is 86.6 cm³/mol. The number of nitrogens with zero attached hydrogens (tertiary/aromatic N) is 1. The van der Waals surface area contributed by atoms with Crippen LogP contribution in [0.5, 0.6) is 11.5 Å². The molecule has 0 heterocycles. The number of hydrogen-bond donors (Lipinski definition) is 2. The second-order valence-electron chi connectivity index (χ2n) is 4.62. The molecule has 0 radical (unpaired) electrons. The average Bonchev–Trinajstić information content (AvgIpc) is 2.48. The quantitative estimate of drug-likeness (QED) is 0.701. The van der Waals surface area contributed by atoms with Crippen LogP contribution in [0.15, 0.2) is 16.6 Å². The molecule has 0 spiro atoms. The molecule has 1 rings (SSSR count). The SMILES string of the molecule is CCN(CC)C(=O)CCNCc1cc(Br)c(O)c(OC)c1. The standard InChI is InChI=1S/C15H23BrN2O3/c1-4-18(5-2)14(19)6-7-17-10-11-8-12(16)15(20)13(9-11)21-3/h8-9,17,20H,4-7,10H2,1-3H3. The van der Waals surface area contributed by atoms with Gasteiger partial charge < -0.3 is 20.1 Å². The molecule has 6 heteroatoms. The Kier molecular flexibility index (Phi) is 7.53. The number of halogens is 1. The third-order valence-corrected chi connectivity index (χ3v) is 3.87. The zero-order valence-corrected chi connectivity index (χ0v) is 14.4. The highest BCUT2D eigenvalue weighted by molar-refractivity contribution is 9.10. The summed E-state index contributed by atoms with van der Waals surface area (Å²) in [6.07, 6.45) is 0.484. The maximum atomic E-state index is 11.8. The van der Waals surface area contributed by atoms with E-state index in [0.717, 1.165) is 18.7 Å². The summed E-state index contributed by atoms with van der Waals surface area (Å²) < 4.78 is 5.70. The lowest BCUT2D eigenvalue weighted by atomic mass is 10.2. The monoisotopic (exact) mass is 358 g/mol. The third kappa shape index (κ3) is 5.21. The molecule has 0 aliphatic heterocycles. The lowest BCUT2D eigenvalue weighted by molar-refractivity contribution is -0.130. The van der Waals surface area contributed by atoms with E-state index in [1.54, 1.807) is 6.07 Å². The van der Waals surface area contributed by atoms with E-state index in [-0.39, 0.29) is 11.7 Å². The van der Waals surface area contributed by atoms with Gasteiger partial charge in [0.25, 0.3) is 0 Å². The molecule has 0 unspecified atom stereocenters. The molecule has 0 bridgehead atoms. The van der Waals surface area contributed by atoms with Crippen LogP contribution in [0.25, 0.3) is 0 Å². The summed E-state index contributed by atoms with van der Waals surface area (Å²) in [5.41, 5.74) is 0.979. The second kappa shape index (κ2) is 8.89. The van der Waals surface area contributed by atoms with Gasteiger partial charge in [0.2, 0.25) is 5.91 Å². The second-order valence-corrected chi connectivity index (χ2v) is 5.48. The number of ether oxygens (including phenoxy) is 1. The fourth-order valence-electron chi connectivity index (χ4n) is 2.05. The molecule has 0 atom stereocenters. The number of benzene rings is 1. The van der Waals surface area contributed by atoms with Crippen LogP contribution in [-0.2, 0) is 11.3 Å². The molecule has 118 valence electrons. The Hall–Kier alpha value is -1.27.